The lowest BCUT2D eigenvalue weighted by atomic mass is 9.98. The summed E-state index contributed by atoms with van der Waals surface area (Å²) in [6, 6.07) is 7.98. The maximum atomic E-state index is 12.6. The van der Waals surface area contributed by atoms with Crippen molar-refractivity contribution in [2.24, 2.45) is 5.92 Å². The maximum Gasteiger partial charge on any atom is 0.325 e. The second kappa shape index (κ2) is 8.97. The third-order valence-electron chi connectivity index (χ3n) is 5.99. The number of imide groups is 1. The van der Waals surface area contributed by atoms with Gasteiger partial charge in [-0.25, -0.2) is 4.79 Å². The predicted octanol–water partition coefficient (Wildman–Crippen LogP) is 3.71. The summed E-state index contributed by atoms with van der Waals surface area (Å²) < 4.78 is 0. The van der Waals surface area contributed by atoms with E-state index in [0.717, 1.165) is 37.7 Å². The molecule has 6 heteroatoms. The fraction of sp³-hybridized carbons (Fsp3) is 0.609. The molecule has 6 nitrogen and oxygen atoms in total. The van der Waals surface area contributed by atoms with E-state index in [1.165, 1.54) is 10.5 Å². The molecule has 2 fully saturated rings. The molecule has 1 aliphatic carbocycles. The number of hydrogen-bond donors (Lipinski definition) is 2. The lowest BCUT2D eigenvalue weighted by molar-refractivity contribution is -0.131. The first-order chi connectivity index (χ1) is 13.8. The smallest absolute Gasteiger partial charge is 0.325 e. The first kappa shape index (κ1) is 21.3. The van der Waals surface area contributed by atoms with Gasteiger partial charge >= 0.3 is 6.03 Å². The Hall–Kier alpha value is -2.37. The van der Waals surface area contributed by atoms with Crippen LogP contribution in [0.2, 0.25) is 0 Å². The molecule has 0 unspecified atom stereocenters. The van der Waals surface area contributed by atoms with Gasteiger partial charge in [0.05, 0.1) is 6.04 Å². The molecule has 0 aromatic heterocycles. The molecule has 0 bridgehead atoms. The van der Waals surface area contributed by atoms with Crippen molar-refractivity contribution in [3.63, 3.8) is 0 Å². The monoisotopic (exact) mass is 399 g/mol. The third-order valence-corrected chi connectivity index (χ3v) is 5.99. The lowest BCUT2D eigenvalue weighted by Crippen LogP contribution is -2.44. The van der Waals surface area contributed by atoms with E-state index in [4.69, 9.17) is 0 Å². The Morgan fingerprint density at radius 3 is 2.41 bits per heavy atom. The Morgan fingerprint density at radius 1 is 1.14 bits per heavy atom. The van der Waals surface area contributed by atoms with E-state index in [2.05, 4.69) is 48.7 Å². The highest BCUT2D eigenvalue weighted by Gasteiger charge is 2.52. The highest BCUT2D eigenvalue weighted by atomic mass is 16.2. The Bertz CT molecular complexity index is 751. The molecule has 3 rings (SSSR count). The molecule has 0 radical (unpaired) electrons. The molecule has 1 saturated carbocycles. The minimum absolute atomic E-state index is 0.0635. The van der Waals surface area contributed by atoms with Crippen molar-refractivity contribution in [1.29, 1.82) is 0 Å². The van der Waals surface area contributed by atoms with Crippen LogP contribution < -0.4 is 10.6 Å². The van der Waals surface area contributed by atoms with Gasteiger partial charge in [0.25, 0.3) is 5.91 Å². The van der Waals surface area contributed by atoms with Crippen molar-refractivity contribution in [3.05, 3.63) is 35.4 Å². The van der Waals surface area contributed by atoms with Gasteiger partial charge in [0.1, 0.15) is 5.54 Å². The number of nitrogens with one attached hydrogen (secondary N) is 2. The highest BCUT2D eigenvalue weighted by Crippen LogP contribution is 2.35. The Labute approximate surface area is 173 Å². The van der Waals surface area contributed by atoms with Crippen LogP contribution in [0.1, 0.15) is 76.5 Å². The van der Waals surface area contributed by atoms with Crippen LogP contribution in [0.15, 0.2) is 24.3 Å². The van der Waals surface area contributed by atoms with Crippen LogP contribution in [0.25, 0.3) is 0 Å². The van der Waals surface area contributed by atoms with Gasteiger partial charge in [0, 0.05) is 13.0 Å². The largest absolute Gasteiger partial charge is 0.350 e. The Balaban J connectivity index is 1.44. The van der Waals surface area contributed by atoms with Crippen LogP contribution in [-0.4, -0.2) is 34.8 Å². The van der Waals surface area contributed by atoms with Gasteiger partial charge in [0.15, 0.2) is 0 Å². The van der Waals surface area contributed by atoms with Crippen molar-refractivity contribution in [2.45, 2.75) is 77.3 Å². The lowest BCUT2D eigenvalue weighted by Gasteiger charge is -2.20. The molecule has 1 aliphatic heterocycles. The zero-order valence-corrected chi connectivity index (χ0v) is 17.8. The summed E-state index contributed by atoms with van der Waals surface area (Å²) in [5.41, 5.74) is 1.70. The summed E-state index contributed by atoms with van der Waals surface area (Å²) in [4.78, 5) is 38.4. The van der Waals surface area contributed by atoms with Crippen molar-refractivity contribution in [2.75, 3.05) is 6.54 Å². The zero-order valence-electron chi connectivity index (χ0n) is 17.8. The molecule has 4 amide bonds. The summed E-state index contributed by atoms with van der Waals surface area (Å²) in [5, 5.41) is 5.88. The minimum atomic E-state index is -0.671. The van der Waals surface area contributed by atoms with Crippen LogP contribution in [0.5, 0.6) is 0 Å². The first-order valence-electron chi connectivity index (χ1n) is 10.8. The normalized spacial score (nSPS) is 19.1. The molecule has 1 aromatic rings. The average molecular weight is 400 g/mol. The number of urea groups is 1. The quantitative estimate of drug-likeness (QED) is 0.654. The fourth-order valence-electron chi connectivity index (χ4n) is 4.41. The van der Waals surface area contributed by atoms with Crippen LogP contribution in [0.3, 0.4) is 0 Å². The molecule has 1 spiro atoms. The fourth-order valence-corrected chi connectivity index (χ4v) is 4.41. The standard InChI is InChI=1S/C23H33N3O3/c1-16(2)15-18-8-10-19(11-9-18)17(3)24-20(27)7-6-14-26-21(28)23(25-22(26)29)12-4-5-13-23/h8-11,16-17H,4-7,12-15H2,1-3H3,(H,24,27)(H,25,29)/t17-/m0/s1. The molecule has 158 valence electrons. The SMILES string of the molecule is CC(C)Cc1ccc([C@H](C)NC(=O)CCCN2C(=O)NC3(CCCC3)C2=O)cc1. The first-order valence-corrected chi connectivity index (χ1v) is 10.8. The number of carbonyl (C=O) groups excluding carboxylic acids is 3. The van der Waals surface area contributed by atoms with Crippen LogP contribution in [0, 0.1) is 5.92 Å². The number of carbonyl (C=O) groups is 3. The van der Waals surface area contributed by atoms with E-state index in [0.29, 0.717) is 18.8 Å². The van der Waals surface area contributed by atoms with E-state index in [1.54, 1.807) is 0 Å². The number of nitrogens with zero attached hydrogens (tertiary/aromatic N) is 1. The van der Waals surface area contributed by atoms with E-state index < -0.39 is 5.54 Å². The van der Waals surface area contributed by atoms with E-state index >= 15 is 0 Å². The number of hydrogen-bond acceptors (Lipinski definition) is 3. The van der Waals surface area contributed by atoms with Crippen LogP contribution in [0.4, 0.5) is 4.79 Å². The zero-order chi connectivity index (χ0) is 21.0. The number of benzene rings is 1. The molecular formula is C23H33N3O3. The molecule has 1 aromatic carbocycles. The Kier molecular flexibility index (Phi) is 6.60. The molecular weight excluding hydrogens is 366 g/mol. The number of amides is 4. The van der Waals surface area contributed by atoms with E-state index in [1.807, 2.05) is 6.92 Å². The molecule has 1 heterocycles. The van der Waals surface area contributed by atoms with Crippen molar-refractivity contribution in [1.82, 2.24) is 15.5 Å². The minimum Gasteiger partial charge on any atom is -0.350 e. The van der Waals surface area contributed by atoms with Gasteiger partial charge in [-0.05, 0) is 49.7 Å². The maximum absolute atomic E-state index is 12.6. The topological polar surface area (TPSA) is 78.5 Å². The summed E-state index contributed by atoms with van der Waals surface area (Å²) >= 11 is 0. The molecule has 2 aliphatic rings. The van der Waals surface area contributed by atoms with E-state index in [-0.39, 0.29) is 30.4 Å². The molecule has 1 saturated heterocycles. The van der Waals surface area contributed by atoms with Crippen LogP contribution in [-0.2, 0) is 16.0 Å². The summed E-state index contributed by atoms with van der Waals surface area (Å²) in [5.74, 6) is 0.438. The number of rotatable bonds is 8. The molecule has 2 N–H and O–H groups in total. The van der Waals surface area contributed by atoms with Crippen molar-refractivity contribution < 1.29 is 14.4 Å². The summed E-state index contributed by atoms with van der Waals surface area (Å²) in [7, 11) is 0. The average Bonchev–Trinajstić information content (AvgIpc) is 3.22. The van der Waals surface area contributed by atoms with Gasteiger partial charge in [-0.15, -0.1) is 0 Å². The van der Waals surface area contributed by atoms with E-state index in [9.17, 15) is 14.4 Å². The second-order valence-corrected chi connectivity index (χ2v) is 8.91. The van der Waals surface area contributed by atoms with Gasteiger partial charge in [0.2, 0.25) is 5.91 Å². The predicted molar refractivity (Wildman–Crippen MR) is 112 cm³/mol. The Morgan fingerprint density at radius 2 is 1.79 bits per heavy atom. The van der Waals surface area contributed by atoms with Gasteiger partial charge in [-0.2, -0.15) is 0 Å². The molecule has 1 atom stereocenters. The highest BCUT2D eigenvalue weighted by molar-refractivity contribution is 6.07. The third kappa shape index (κ3) is 4.98. The molecule has 29 heavy (non-hydrogen) atoms. The van der Waals surface area contributed by atoms with Gasteiger partial charge in [-0.3, -0.25) is 14.5 Å². The van der Waals surface area contributed by atoms with Crippen molar-refractivity contribution in [3.8, 4) is 0 Å². The summed E-state index contributed by atoms with van der Waals surface area (Å²) in [6.07, 6.45) is 5.20. The second-order valence-electron chi connectivity index (χ2n) is 8.91. The summed E-state index contributed by atoms with van der Waals surface area (Å²) in [6.45, 7) is 6.65. The van der Waals surface area contributed by atoms with Gasteiger partial charge < -0.3 is 10.6 Å². The van der Waals surface area contributed by atoms with Gasteiger partial charge in [-0.1, -0.05) is 51.0 Å². The van der Waals surface area contributed by atoms with Crippen molar-refractivity contribution >= 4 is 17.8 Å². The van der Waals surface area contributed by atoms with Crippen LogP contribution >= 0.6 is 0 Å².